The van der Waals surface area contributed by atoms with Crippen LogP contribution in [0.2, 0.25) is 10.0 Å². The van der Waals surface area contributed by atoms with E-state index in [2.05, 4.69) is 15.6 Å². The van der Waals surface area contributed by atoms with E-state index < -0.39 is 29.8 Å². The van der Waals surface area contributed by atoms with Crippen molar-refractivity contribution in [2.24, 2.45) is 10.9 Å². The minimum absolute atomic E-state index is 0.146. The van der Waals surface area contributed by atoms with Crippen LogP contribution >= 0.6 is 23.2 Å². The third-order valence-electron chi connectivity index (χ3n) is 5.85. The molecule has 0 saturated carbocycles. The molecule has 36 heavy (non-hydrogen) atoms. The van der Waals surface area contributed by atoms with Gasteiger partial charge in [-0.3, -0.25) is 14.4 Å². The number of amides is 3. The van der Waals surface area contributed by atoms with Crippen LogP contribution in [0.1, 0.15) is 23.6 Å². The first-order valence-corrected chi connectivity index (χ1v) is 12.0. The van der Waals surface area contributed by atoms with E-state index in [9.17, 15) is 14.4 Å². The summed E-state index contributed by atoms with van der Waals surface area (Å²) in [6, 6.07) is 21.8. The number of hydrogen-bond acceptors (Lipinski definition) is 4. The smallest absolute Gasteiger partial charge is 0.272 e. The van der Waals surface area contributed by atoms with E-state index in [-0.39, 0.29) is 6.54 Å². The second kappa shape index (κ2) is 10.9. The van der Waals surface area contributed by atoms with Crippen LogP contribution < -0.4 is 15.5 Å². The normalized spacial score (nSPS) is 15.9. The fraction of sp³-hybridized carbons (Fsp3) is 0.185. The van der Waals surface area contributed by atoms with Crippen molar-refractivity contribution < 1.29 is 14.4 Å². The van der Waals surface area contributed by atoms with Crippen LogP contribution in [0, 0.1) is 5.92 Å². The van der Waals surface area contributed by atoms with Gasteiger partial charge in [-0.2, -0.15) is 0 Å². The molecule has 3 aromatic carbocycles. The van der Waals surface area contributed by atoms with Gasteiger partial charge in [0.25, 0.3) is 5.91 Å². The number of benzene rings is 3. The lowest BCUT2D eigenvalue weighted by Gasteiger charge is -2.21. The first kappa shape index (κ1) is 25.4. The number of aliphatic imine (C=N–C) groups is 1. The summed E-state index contributed by atoms with van der Waals surface area (Å²) in [5.74, 6) is -2.61. The van der Waals surface area contributed by atoms with E-state index in [0.717, 1.165) is 11.1 Å². The highest BCUT2D eigenvalue weighted by Crippen LogP contribution is 2.27. The zero-order chi connectivity index (χ0) is 25.8. The van der Waals surface area contributed by atoms with Crippen LogP contribution in [0.25, 0.3) is 0 Å². The average molecular weight is 523 g/mol. The number of benzodiazepines with no additional fused rings is 1. The molecule has 3 amide bonds. The average Bonchev–Trinajstić information content (AvgIpc) is 2.97. The molecular weight excluding hydrogens is 499 g/mol. The number of hydrogen-bond donors (Lipinski definition) is 2. The predicted octanol–water partition coefficient (Wildman–Crippen LogP) is 4.20. The van der Waals surface area contributed by atoms with Crippen LogP contribution in [-0.4, -0.2) is 36.6 Å². The largest absolute Gasteiger partial charge is 0.351 e. The van der Waals surface area contributed by atoms with Gasteiger partial charge in [0.2, 0.25) is 18.0 Å². The van der Waals surface area contributed by atoms with Gasteiger partial charge >= 0.3 is 0 Å². The number of fused-ring (bicyclic) bond motifs is 1. The van der Waals surface area contributed by atoms with Crippen molar-refractivity contribution in [3.63, 3.8) is 0 Å². The fourth-order valence-electron chi connectivity index (χ4n) is 3.88. The van der Waals surface area contributed by atoms with Gasteiger partial charge in [0.15, 0.2) is 0 Å². The number of halogens is 2. The van der Waals surface area contributed by atoms with Crippen LogP contribution in [0.4, 0.5) is 5.69 Å². The predicted molar refractivity (Wildman–Crippen MR) is 141 cm³/mol. The number of carbonyl (C=O) groups excluding carboxylic acids is 3. The highest BCUT2D eigenvalue weighted by atomic mass is 35.5. The summed E-state index contributed by atoms with van der Waals surface area (Å²) in [6.45, 7) is 1.62. The second-order valence-corrected chi connectivity index (χ2v) is 9.26. The number of nitrogens with zero attached hydrogens (tertiary/aromatic N) is 2. The third-order valence-corrected chi connectivity index (χ3v) is 6.28. The molecule has 2 N–H and O–H groups in total. The van der Waals surface area contributed by atoms with Crippen molar-refractivity contribution in [3.8, 4) is 0 Å². The molecule has 2 unspecified atom stereocenters. The minimum atomic E-state index is -1.20. The SMILES string of the molecule is CC(C(=O)NCc1cc(Cl)cc(Cl)c1)C(=O)NC1N=C(c2ccccc2)c2ccccc2N(C)C1=O. The highest BCUT2D eigenvalue weighted by molar-refractivity contribution is 6.34. The maximum atomic E-state index is 13.3. The zero-order valence-corrected chi connectivity index (χ0v) is 21.2. The van der Waals surface area contributed by atoms with Gasteiger partial charge in [0, 0.05) is 34.8 Å². The molecule has 3 aromatic rings. The molecule has 0 radical (unpaired) electrons. The number of rotatable bonds is 6. The van der Waals surface area contributed by atoms with Gasteiger partial charge in [-0.15, -0.1) is 0 Å². The molecule has 0 fully saturated rings. The molecule has 1 heterocycles. The molecule has 2 atom stereocenters. The van der Waals surface area contributed by atoms with Gasteiger partial charge in [0.1, 0.15) is 5.92 Å². The van der Waals surface area contributed by atoms with Crippen LogP contribution in [-0.2, 0) is 20.9 Å². The van der Waals surface area contributed by atoms with Gasteiger partial charge in [-0.1, -0.05) is 71.7 Å². The molecule has 9 heteroatoms. The van der Waals surface area contributed by atoms with Crippen LogP contribution in [0.15, 0.2) is 77.8 Å². The topological polar surface area (TPSA) is 90.9 Å². The molecule has 0 aliphatic carbocycles. The monoisotopic (exact) mass is 522 g/mol. The summed E-state index contributed by atoms with van der Waals surface area (Å²) in [5, 5.41) is 6.25. The van der Waals surface area contributed by atoms with Crippen molar-refractivity contribution in [1.29, 1.82) is 0 Å². The Morgan fingerprint density at radius 2 is 1.61 bits per heavy atom. The van der Waals surface area contributed by atoms with E-state index in [1.807, 2.05) is 54.6 Å². The fourth-order valence-corrected chi connectivity index (χ4v) is 4.45. The Labute approximate surface area is 219 Å². The van der Waals surface area contributed by atoms with Crippen molar-refractivity contribution in [1.82, 2.24) is 10.6 Å². The minimum Gasteiger partial charge on any atom is -0.351 e. The first-order chi connectivity index (χ1) is 17.2. The number of likely N-dealkylation sites (N-methyl/N-ethyl adjacent to an activating group) is 1. The lowest BCUT2D eigenvalue weighted by molar-refractivity contribution is -0.136. The molecule has 0 aromatic heterocycles. The lowest BCUT2D eigenvalue weighted by Crippen LogP contribution is -2.49. The van der Waals surface area contributed by atoms with Crippen LogP contribution in [0.5, 0.6) is 0 Å². The Bertz CT molecular complexity index is 1320. The molecule has 4 rings (SSSR count). The highest BCUT2D eigenvalue weighted by Gasteiger charge is 2.33. The third kappa shape index (κ3) is 5.58. The Morgan fingerprint density at radius 3 is 2.31 bits per heavy atom. The number of carbonyl (C=O) groups is 3. The molecule has 0 spiro atoms. The van der Waals surface area contributed by atoms with E-state index in [4.69, 9.17) is 23.2 Å². The standard InChI is InChI=1S/C27H24Cl2N4O3/c1-16(25(34)30-15-17-12-19(28)14-20(29)13-17)26(35)32-24-27(36)33(2)22-11-7-6-10-21(22)23(31-24)18-8-4-3-5-9-18/h3-14,16,24H,15H2,1-2H3,(H,30,34)(H,32,35). The summed E-state index contributed by atoms with van der Waals surface area (Å²) in [6.07, 6.45) is -1.20. The molecule has 0 saturated heterocycles. The maximum Gasteiger partial charge on any atom is 0.272 e. The van der Waals surface area contributed by atoms with Crippen LogP contribution in [0.3, 0.4) is 0 Å². The lowest BCUT2D eigenvalue weighted by atomic mass is 10.0. The maximum absolute atomic E-state index is 13.3. The molecular formula is C27H24Cl2N4O3. The summed E-state index contributed by atoms with van der Waals surface area (Å²) in [4.78, 5) is 45.1. The van der Waals surface area contributed by atoms with Crippen molar-refractivity contribution in [2.75, 3.05) is 11.9 Å². The summed E-state index contributed by atoms with van der Waals surface area (Å²) < 4.78 is 0. The van der Waals surface area contributed by atoms with Gasteiger partial charge in [0.05, 0.1) is 11.4 Å². The first-order valence-electron chi connectivity index (χ1n) is 11.3. The molecule has 1 aliphatic rings. The zero-order valence-electron chi connectivity index (χ0n) is 19.7. The van der Waals surface area contributed by atoms with Crippen molar-refractivity contribution in [3.05, 3.63) is 99.5 Å². The van der Waals surface area contributed by atoms with E-state index in [1.165, 1.54) is 11.8 Å². The Kier molecular flexibility index (Phi) is 7.72. The molecule has 184 valence electrons. The second-order valence-electron chi connectivity index (χ2n) is 8.39. The summed E-state index contributed by atoms with van der Waals surface area (Å²) >= 11 is 12.0. The summed E-state index contributed by atoms with van der Waals surface area (Å²) in [5.41, 5.74) is 3.52. The number of para-hydroxylation sites is 1. The Hall–Kier alpha value is -3.68. The van der Waals surface area contributed by atoms with Crippen molar-refractivity contribution >= 4 is 52.3 Å². The number of anilines is 1. The Morgan fingerprint density at radius 1 is 0.972 bits per heavy atom. The van der Waals surface area contributed by atoms with Gasteiger partial charge in [-0.05, 0) is 36.8 Å². The van der Waals surface area contributed by atoms with E-state index in [0.29, 0.717) is 27.0 Å². The van der Waals surface area contributed by atoms with E-state index >= 15 is 0 Å². The molecule has 0 bridgehead atoms. The van der Waals surface area contributed by atoms with Gasteiger partial charge in [-0.25, -0.2) is 4.99 Å². The van der Waals surface area contributed by atoms with E-state index in [1.54, 1.807) is 25.2 Å². The van der Waals surface area contributed by atoms with Crippen molar-refractivity contribution in [2.45, 2.75) is 19.6 Å². The molecule has 7 nitrogen and oxygen atoms in total. The van der Waals surface area contributed by atoms with Gasteiger partial charge < -0.3 is 15.5 Å². The summed E-state index contributed by atoms with van der Waals surface area (Å²) in [7, 11) is 1.63. The quantitative estimate of drug-likeness (QED) is 0.475. The molecule has 1 aliphatic heterocycles. The Balaban J connectivity index is 1.54. The number of nitrogens with one attached hydrogen (secondary N) is 2.